The summed E-state index contributed by atoms with van der Waals surface area (Å²) >= 11 is 0. The number of anilines is 1. The summed E-state index contributed by atoms with van der Waals surface area (Å²) in [5.41, 5.74) is 0.812. The number of rotatable bonds is 8. The van der Waals surface area contributed by atoms with Gasteiger partial charge in [0.25, 0.3) is 0 Å². The van der Waals surface area contributed by atoms with E-state index >= 15 is 0 Å². The predicted molar refractivity (Wildman–Crippen MR) is 75.8 cm³/mol. The molecule has 0 fully saturated rings. The highest BCUT2D eigenvalue weighted by Gasteiger charge is 2.18. The van der Waals surface area contributed by atoms with Gasteiger partial charge in [-0.15, -0.1) is 0 Å². The summed E-state index contributed by atoms with van der Waals surface area (Å²) in [6.07, 6.45) is 0.977. The molecule has 0 spiro atoms. The maximum Gasteiger partial charge on any atom is 0.341 e. The molecule has 0 aliphatic heterocycles. The lowest BCUT2D eigenvalue weighted by Crippen LogP contribution is -2.25. The number of aromatic carboxylic acids is 1. The first kappa shape index (κ1) is 15.5. The molecule has 0 saturated heterocycles. The molecule has 0 unspecified atom stereocenters. The Bertz CT molecular complexity index is 425. The van der Waals surface area contributed by atoms with Gasteiger partial charge in [-0.05, 0) is 33.0 Å². The average Bonchev–Trinajstić information content (AvgIpc) is 2.64. The number of carboxylic acid groups (broad SMARTS) is 1. The smallest absolute Gasteiger partial charge is 0.341 e. The first-order valence-electron chi connectivity index (χ1n) is 6.74. The summed E-state index contributed by atoms with van der Waals surface area (Å²) in [4.78, 5) is 13.5. The molecule has 0 amide bonds. The van der Waals surface area contributed by atoms with Crippen molar-refractivity contribution >= 4 is 11.8 Å². The minimum Gasteiger partial charge on any atom is -0.477 e. The van der Waals surface area contributed by atoms with Gasteiger partial charge in [0, 0.05) is 13.6 Å². The molecule has 6 nitrogen and oxygen atoms in total. The molecule has 0 aliphatic carbocycles. The van der Waals surface area contributed by atoms with Crippen LogP contribution in [0, 0.1) is 6.92 Å². The number of nitrogens with zero attached hydrogens (tertiary/aromatic N) is 3. The molecule has 1 heterocycles. The van der Waals surface area contributed by atoms with Crippen LogP contribution in [0.15, 0.2) is 0 Å². The van der Waals surface area contributed by atoms with Crippen LogP contribution < -0.4 is 5.32 Å². The highest BCUT2D eigenvalue weighted by Crippen LogP contribution is 2.18. The maximum atomic E-state index is 11.2. The van der Waals surface area contributed by atoms with Crippen molar-refractivity contribution in [1.29, 1.82) is 0 Å². The van der Waals surface area contributed by atoms with E-state index in [4.69, 9.17) is 0 Å². The van der Waals surface area contributed by atoms with Crippen molar-refractivity contribution in [2.24, 2.45) is 7.05 Å². The largest absolute Gasteiger partial charge is 0.477 e. The summed E-state index contributed by atoms with van der Waals surface area (Å²) in [6, 6.07) is 0. The van der Waals surface area contributed by atoms with E-state index in [-0.39, 0.29) is 5.56 Å². The van der Waals surface area contributed by atoms with Gasteiger partial charge in [0.05, 0.1) is 5.69 Å². The van der Waals surface area contributed by atoms with E-state index in [0.29, 0.717) is 11.5 Å². The molecule has 0 atom stereocenters. The van der Waals surface area contributed by atoms with Crippen molar-refractivity contribution in [1.82, 2.24) is 14.7 Å². The van der Waals surface area contributed by atoms with Gasteiger partial charge < -0.3 is 15.3 Å². The summed E-state index contributed by atoms with van der Waals surface area (Å²) in [6.45, 7) is 9.84. The van der Waals surface area contributed by atoms with Crippen molar-refractivity contribution in [2.75, 3.05) is 31.5 Å². The van der Waals surface area contributed by atoms with Crippen LogP contribution in [0.5, 0.6) is 0 Å². The van der Waals surface area contributed by atoms with Crippen LogP contribution in [-0.4, -0.2) is 51.9 Å². The topological polar surface area (TPSA) is 70.4 Å². The summed E-state index contributed by atoms with van der Waals surface area (Å²) < 4.78 is 1.59. The fraction of sp³-hybridized carbons (Fsp3) is 0.692. The standard InChI is InChI=1S/C13H24N4O2/c1-5-17(6-2)9-7-8-14-12-11(13(18)19)10(3)15-16(12)4/h14H,5-9H2,1-4H3,(H,18,19). The molecule has 6 heteroatoms. The Kier molecular flexibility index (Phi) is 5.82. The average molecular weight is 268 g/mol. The lowest BCUT2D eigenvalue weighted by molar-refractivity contribution is 0.0697. The van der Waals surface area contributed by atoms with Gasteiger partial charge in [0.15, 0.2) is 0 Å². The third-order valence-corrected chi connectivity index (χ3v) is 3.27. The molecule has 0 aromatic carbocycles. The van der Waals surface area contributed by atoms with Gasteiger partial charge in [-0.3, -0.25) is 4.68 Å². The van der Waals surface area contributed by atoms with Crippen LogP contribution in [0.4, 0.5) is 5.82 Å². The van der Waals surface area contributed by atoms with Crippen LogP contribution in [0.1, 0.15) is 36.3 Å². The molecule has 2 N–H and O–H groups in total. The minimum atomic E-state index is -0.933. The molecule has 19 heavy (non-hydrogen) atoms. The predicted octanol–water partition coefficient (Wildman–Crippen LogP) is 1.57. The lowest BCUT2D eigenvalue weighted by atomic mass is 10.2. The Hall–Kier alpha value is -1.56. The Morgan fingerprint density at radius 3 is 2.58 bits per heavy atom. The van der Waals surface area contributed by atoms with E-state index in [9.17, 15) is 9.90 Å². The van der Waals surface area contributed by atoms with Crippen molar-refractivity contribution < 1.29 is 9.90 Å². The summed E-state index contributed by atoms with van der Waals surface area (Å²) in [5, 5.41) is 16.5. The van der Waals surface area contributed by atoms with E-state index in [1.807, 2.05) is 0 Å². The van der Waals surface area contributed by atoms with Crippen molar-refractivity contribution in [2.45, 2.75) is 27.2 Å². The molecule has 1 aromatic heterocycles. The Morgan fingerprint density at radius 1 is 1.42 bits per heavy atom. The highest BCUT2D eigenvalue weighted by atomic mass is 16.4. The van der Waals surface area contributed by atoms with E-state index in [0.717, 1.165) is 32.6 Å². The SMILES string of the molecule is CCN(CC)CCCNc1c(C(=O)O)c(C)nn1C. The van der Waals surface area contributed by atoms with Crippen LogP contribution in [0.2, 0.25) is 0 Å². The van der Waals surface area contributed by atoms with E-state index < -0.39 is 5.97 Å². The molecule has 0 saturated carbocycles. The third-order valence-electron chi connectivity index (χ3n) is 3.27. The van der Waals surface area contributed by atoms with Crippen LogP contribution >= 0.6 is 0 Å². The molecular formula is C13H24N4O2. The molecule has 1 rings (SSSR count). The maximum absolute atomic E-state index is 11.2. The monoisotopic (exact) mass is 268 g/mol. The number of aryl methyl sites for hydroxylation is 2. The number of hydrogen-bond donors (Lipinski definition) is 2. The van der Waals surface area contributed by atoms with Crippen LogP contribution in [0.25, 0.3) is 0 Å². The van der Waals surface area contributed by atoms with Gasteiger partial charge in [-0.2, -0.15) is 5.10 Å². The Balaban J connectivity index is 2.56. The fourth-order valence-corrected chi connectivity index (χ4v) is 2.17. The van der Waals surface area contributed by atoms with Crippen molar-refractivity contribution in [3.63, 3.8) is 0 Å². The second-order valence-electron chi connectivity index (χ2n) is 4.54. The highest BCUT2D eigenvalue weighted by molar-refractivity contribution is 5.94. The second kappa shape index (κ2) is 7.13. The molecule has 0 radical (unpaired) electrons. The van der Waals surface area contributed by atoms with E-state index in [1.54, 1.807) is 18.7 Å². The van der Waals surface area contributed by atoms with Gasteiger partial charge in [-0.1, -0.05) is 13.8 Å². The Morgan fingerprint density at radius 2 is 2.05 bits per heavy atom. The minimum absolute atomic E-state index is 0.269. The zero-order chi connectivity index (χ0) is 14.4. The normalized spacial score (nSPS) is 11.0. The van der Waals surface area contributed by atoms with Crippen LogP contribution in [0.3, 0.4) is 0 Å². The number of carboxylic acids is 1. The van der Waals surface area contributed by atoms with Gasteiger partial charge in [-0.25, -0.2) is 4.79 Å². The van der Waals surface area contributed by atoms with Gasteiger partial charge in [0.1, 0.15) is 11.4 Å². The molecular weight excluding hydrogens is 244 g/mol. The number of aromatic nitrogens is 2. The fourth-order valence-electron chi connectivity index (χ4n) is 2.17. The molecule has 1 aromatic rings. The first-order valence-corrected chi connectivity index (χ1v) is 6.74. The Labute approximate surface area is 114 Å². The lowest BCUT2D eigenvalue weighted by Gasteiger charge is -2.18. The van der Waals surface area contributed by atoms with Crippen molar-refractivity contribution in [3.05, 3.63) is 11.3 Å². The zero-order valence-corrected chi connectivity index (χ0v) is 12.2. The zero-order valence-electron chi connectivity index (χ0n) is 12.2. The quantitative estimate of drug-likeness (QED) is 0.700. The molecule has 0 aliphatic rings. The number of carbonyl (C=O) groups is 1. The summed E-state index contributed by atoms with van der Waals surface area (Å²) in [5.74, 6) is -0.346. The van der Waals surface area contributed by atoms with E-state index in [2.05, 4.69) is 29.2 Å². The summed E-state index contributed by atoms with van der Waals surface area (Å²) in [7, 11) is 1.76. The molecule has 0 bridgehead atoms. The third kappa shape index (κ3) is 3.96. The first-order chi connectivity index (χ1) is 9.01. The second-order valence-corrected chi connectivity index (χ2v) is 4.54. The number of nitrogens with one attached hydrogen (secondary N) is 1. The van der Waals surface area contributed by atoms with Crippen LogP contribution in [-0.2, 0) is 7.05 Å². The molecule has 108 valence electrons. The number of hydrogen-bond acceptors (Lipinski definition) is 4. The van der Waals surface area contributed by atoms with E-state index in [1.165, 1.54) is 0 Å². The van der Waals surface area contributed by atoms with Gasteiger partial charge >= 0.3 is 5.97 Å². The van der Waals surface area contributed by atoms with Gasteiger partial charge in [0.2, 0.25) is 0 Å². The van der Waals surface area contributed by atoms with Crippen molar-refractivity contribution in [3.8, 4) is 0 Å².